The van der Waals surface area contributed by atoms with Gasteiger partial charge in [-0.3, -0.25) is 4.98 Å². The van der Waals surface area contributed by atoms with Crippen LogP contribution in [0, 0.1) is 6.92 Å². The summed E-state index contributed by atoms with van der Waals surface area (Å²) in [7, 11) is 0. The normalized spacial score (nSPS) is 14.4. The second kappa shape index (κ2) is 5.29. The van der Waals surface area contributed by atoms with E-state index in [9.17, 15) is 0 Å². The zero-order chi connectivity index (χ0) is 14.1. The van der Waals surface area contributed by atoms with E-state index in [1.165, 1.54) is 11.3 Å². The van der Waals surface area contributed by atoms with E-state index in [2.05, 4.69) is 31.1 Å². The minimum atomic E-state index is 0.422. The fourth-order valence-electron chi connectivity index (χ4n) is 2.71. The van der Waals surface area contributed by atoms with Gasteiger partial charge in [0.2, 0.25) is 0 Å². The Balaban J connectivity index is 2.18. The molecule has 0 saturated carbocycles. The van der Waals surface area contributed by atoms with E-state index in [4.69, 9.17) is 9.97 Å². The molecule has 1 aliphatic heterocycles. The van der Waals surface area contributed by atoms with Gasteiger partial charge in [0.15, 0.2) is 5.82 Å². The van der Waals surface area contributed by atoms with Crippen molar-refractivity contribution in [3.63, 3.8) is 0 Å². The van der Waals surface area contributed by atoms with E-state index in [-0.39, 0.29) is 0 Å². The lowest BCUT2D eigenvalue weighted by atomic mass is 9.97. The Morgan fingerprint density at radius 1 is 1.25 bits per heavy atom. The minimum absolute atomic E-state index is 0.422. The van der Waals surface area contributed by atoms with Crippen molar-refractivity contribution in [2.45, 2.75) is 39.7 Å². The van der Waals surface area contributed by atoms with Crippen molar-refractivity contribution >= 4 is 0 Å². The SMILES string of the molecule is Cc1cnccc1-c1nc2c(c(C(C)C)n1)CCNC2. The highest BCUT2D eigenvalue weighted by Gasteiger charge is 2.20. The molecule has 0 spiro atoms. The lowest BCUT2D eigenvalue weighted by molar-refractivity contribution is 0.609. The van der Waals surface area contributed by atoms with Gasteiger partial charge in [-0.25, -0.2) is 9.97 Å². The molecule has 3 rings (SSSR count). The number of aryl methyl sites for hydroxylation is 1. The molecule has 2 aromatic rings. The van der Waals surface area contributed by atoms with Gasteiger partial charge in [0.05, 0.1) is 11.4 Å². The fraction of sp³-hybridized carbons (Fsp3) is 0.438. The van der Waals surface area contributed by atoms with Crippen LogP contribution < -0.4 is 5.32 Å². The van der Waals surface area contributed by atoms with Crippen LogP contribution in [0.5, 0.6) is 0 Å². The first kappa shape index (κ1) is 13.2. The van der Waals surface area contributed by atoms with Gasteiger partial charge in [0.25, 0.3) is 0 Å². The van der Waals surface area contributed by atoms with E-state index in [0.29, 0.717) is 5.92 Å². The molecule has 0 fully saturated rings. The van der Waals surface area contributed by atoms with Gasteiger partial charge in [0, 0.05) is 24.5 Å². The number of rotatable bonds is 2. The van der Waals surface area contributed by atoms with Crippen LogP contribution in [0.15, 0.2) is 18.5 Å². The summed E-state index contributed by atoms with van der Waals surface area (Å²) in [5.74, 6) is 1.25. The molecule has 1 aliphatic rings. The number of nitrogens with one attached hydrogen (secondary N) is 1. The highest BCUT2D eigenvalue weighted by atomic mass is 15.0. The summed E-state index contributed by atoms with van der Waals surface area (Å²) in [6.45, 7) is 8.32. The predicted molar refractivity (Wildman–Crippen MR) is 79.5 cm³/mol. The molecule has 4 nitrogen and oxygen atoms in total. The third-order valence-electron chi connectivity index (χ3n) is 3.78. The van der Waals surface area contributed by atoms with Gasteiger partial charge in [-0.05, 0) is 43.0 Å². The molecule has 4 heteroatoms. The quantitative estimate of drug-likeness (QED) is 0.909. The molecule has 0 amide bonds. The van der Waals surface area contributed by atoms with Crippen LogP contribution in [0.2, 0.25) is 0 Å². The van der Waals surface area contributed by atoms with E-state index in [1.54, 1.807) is 6.20 Å². The molecule has 0 unspecified atom stereocenters. The van der Waals surface area contributed by atoms with Crippen LogP contribution in [-0.4, -0.2) is 21.5 Å². The molecular formula is C16H20N4. The first-order valence-corrected chi connectivity index (χ1v) is 7.18. The Morgan fingerprint density at radius 3 is 2.85 bits per heavy atom. The molecule has 1 N–H and O–H groups in total. The second-order valence-electron chi connectivity index (χ2n) is 5.63. The number of hydrogen-bond acceptors (Lipinski definition) is 4. The average molecular weight is 268 g/mol. The molecule has 104 valence electrons. The van der Waals surface area contributed by atoms with E-state index >= 15 is 0 Å². The maximum Gasteiger partial charge on any atom is 0.160 e. The van der Waals surface area contributed by atoms with Gasteiger partial charge < -0.3 is 5.32 Å². The standard InChI is InChI=1S/C16H20N4/c1-10(2)15-13-5-7-18-9-14(13)19-16(20-15)12-4-6-17-8-11(12)3/h4,6,8,10,18H,5,7,9H2,1-3H3. The summed E-state index contributed by atoms with van der Waals surface area (Å²) in [6, 6.07) is 2.00. The Hall–Kier alpha value is -1.81. The summed E-state index contributed by atoms with van der Waals surface area (Å²) >= 11 is 0. The maximum absolute atomic E-state index is 4.85. The first-order valence-electron chi connectivity index (χ1n) is 7.18. The Morgan fingerprint density at radius 2 is 2.10 bits per heavy atom. The molecule has 0 aromatic carbocycles. The molecule has 2 aromatic heterocycles. The Labute approximate surface area is 119 Å². The van der Waals surface area contributed by atoms with Crippen LogP contribution in [-0.2, 0) is 13.0 Å². The topological polar surface area (TPSA) is 50.7 Å². The predicted octanol–water partition coefficient (Wildman–Crippen LogP) is 2.62. The zero-order valence-electron chi connectivity index (χ0n) is 12.3. The van der Waals surface area contributed by atoms with Crippen LogP contribution in [0.1, 0.15) is 42.3 Å². The molecule has 0 bridgehead atoms. The molecular weight excluding hydrogens is 248 g/mol. The highest BCUT2D eigenvalue weighted by Crippen LogP contribution is 2.27. The number of pyridine rings is 1. The van der Waals surface area contributed by atoms with Crippen molar-refractivity contribution in [2.24, 2.45) is 0 Å². The van der Waals surface area contributed by atoms with Crippen molar-refractivity contribution < 1.29 is 0 Å². The number of aromatic nitrogens is 3. The molecule has 3 heterocycles. The molecule has 0 atom stereocenters. The molecule has 0 saturated heterocycles. The number of nitrogens with zero attached hydrogens (tertiary/aromatic N) is 3. The molecule has 20 heavy (non-hydrogen) atoms. The Kier molecular flexibility index (Phi) is 3.49. The summed E-state index contributed by atoms with van der Waals surface area (Å²) in [5, 5.41) is 3.40. The summed E-state index contributed by atoms with van der Waals surface area (Å²) in [4.78, 5) is 13.8. The highest BCUT2D eigenvalue weighted by molar-refractivity contribution is 5.59. The first-order chi connectivity index (χ1) is 9.66. The molecule has 0 radical (unpaired) electrons. The lowest BCUT2D eigenvalue weighted by Crippen LogP contribution is -2.27. The van der Waals surface area contributed by atoms with Gasteiger partial charge in [-0.1, -0.05) is 13.8 Å². The smallest absolute Gasteiger partial charge is 0.160 e. The van der Waals surface area contributed by atoms with Crippen LogP contribution >= 0.6 is 0 Å². The monoisotopic (exact) mass is 268 g/mol. The maximum atomic E-state index is 4.85. The Bertz CT molecular complexity index is 634. The summed E-state index contributed by atoms with van der Waals surface area (Å²) < 4.78 is 0. The van der Waals surface area contributed by atoms with Crippen LogP contribution in [0.4, 0.5) is 0 Å². The molecule has 0 aliphatic carbocycles. The third-order valence-corrected chi connectivity index (χ3v) is 3.78. The summed E-state index contributed by atoms with van der Waals surface area (Å²) in [5.41, 5.74) is 5.89. The van der Waals surface area contributed by atoms with Crippen molar-refractivity contribution in [2.75, 3.05) is 6.54 Å². The fourth-order valence-corrected chi connectivity index (χ4v) is 2.71. The minimum Gasteiger partial charge on any atom is -0.311 e. The summed E-state index contributed by atoms with van der Waals surface area (Å²) in [6.07, 6.45) is 4.70. The van der Waals surface area contributed by atoms with E-state index in [0.717, 1.165) is 42.2 Å². The lowest BCUT2D eigenvalue weighted by Gasteiger charge is -2.22. The van der Waals surface area contributed by atoms with Crippen molar-refractivity contribution in [3.05, 3.63) is 41.0 Å². The van der Waals surface area contributed by atoms with Gasteiger partial charge in [-0.15, -0.1) is 0 Å². The van der Waals surface area contributed by atoms with E-state index in [1.807, 2.05) is 12.3 Å². The van der Waals surface area contributed by atoms with Crippen molar-refractivity contribution in [3.8, 4) is 11.4 Å². The second-order valence-corrected chi connectivity index (χ2v) is 5.63. The van der Waals surface area contributed by atoms with Gasteiger partial charge in [-0.2, -0.15) is 0 Å². The zero-order valence-corrected chi connectivity index (χ0v) is 12.3. The van der Waals surface area contributed by atoms with E-state index < -0.39 is 0 Å². The van der Waals surface area contributed by atoms with Crippen molar-refractivity contribution in [1.29, 1.82) is 0 Å². The number of fused-ring (bicyclic) bond motifs is 1. The third kappa shape index (κ3) is 2.31. The van der Waals surface area contributed by atoms with Crippen LogP contribution in [0.25, 0.3) is 11.4 Å². The number of hydrogen-bond donors (Lipinski definition) is 1. The van der Waals surface area contributed by atoms with Gasteiger partial charge >= 0.3 is 0 Å². The largest absolute Gasteiger partial charge is 0.311 e. The average Bonchev–Trinajstić information content (AvgIpc) is 2.46. The van der Waals surface area contributed by atoms with Crippen molar-refractivity contribution in [1.82, 2.24) is 20.3 Å². The van der Waals surface area contributed by atoms with Gasteiger partial charge in [0.1, 0.15) is 0 Å². The van der Waals surface area contributed by atoms with Crippen LogP contribution in [0.3, 0.4) is 0 Å².